The lowest BCUT2D eigenvalue weighted by atomic mass is 10.3. The summed E-state index contributed by atoms with van der Waals surface area (Å²) >= 11 is 5.71. The number of halogens is 1. The van der Waals surface area contributed by atoms with E-state index in [0.29, 0.717) is 16.1 Å². The van der Waals surface area contributed by atoms with E-state index in [1.54, 1.807) is 12.1 Å². The second-order valence-corrected chi connectivity index (χ2v) is 3.34. The maximum atomic E-state index is 10.5. The number of nitrogens with zero attached hydrogens (tertiary/aromatic N) is 1. The molecular formula is C9H6ClNO4. The molecule has 1 atom stereocenters. The standard InChI is InChI=1S/C9H6ClNO4/c10-4-1-2-6-5(3-4)11-8(15-6)7(12)9(13)14/h1-3,7,12H,(H,13,14). The van der Waals surface area contributed by atoms with Gasteiger partial charge in [0.05, 0.1) is 0 Å². The molecule has 0 saturated heterocycles. The van der Waals surface area contributed by atoms with Crippen molar-refractivity contribution >= 4 is 28.7 Å². The molecule has 1 aromatic carbocycles. The van der Waals surface area contributed by atoms with Crippen LogP contribution in [-0.4, -0.2) is 21.2 Å². The Hall–Kier alpha value is -1.59. The average molecular weight is 228 g/mol. The highest BCUT2D eigenvalue weighted by atomic mass is 35.5. The Morgan fingerprint density at radius 1 is 1.53 bits per heavy atom. The lowest BCUT2D eigenvalue weighted by Crippen LogP contribution is -2.10. The van der Waals surface area contributed by atoms with Gasteiger partial charge < -0.3 is 14.6 Å². The smallest absolute Gasteiger partial charge is 0.342 e. The first-order valence-corrected chi connectivity index (χ1v) is 4.42. The van der Waals surface area contributed by atoms with Crippen LogP contribution in [0.25, 0.3) is 11.1 Å². The van der Waals surface area contributed by atoms with Crippen molar-refractivity contribution in [3.05, 3.63) is 29.1 Å². The van der Waals surface area contributed by atoms with E-state index in [1.165, 1.54) is 6.07 Å². The molecule has 0 radical (unpaired) electrons. The summed E-state index contributed by atoms with van der Waals surface area (Å²) in [5.74, 6) is -1.66. The Morgan fingerprint density at radius 2 is 2.27 bits per heavy atom. The number of aliphatic hydroxyl groups is 1. The van der Waals surface area contributed by atoms with Crippen molar-refractivity contribution in [2.75, 3.05) is 0 Å². The number of carbonyl (C=O) groups is 1. The van der Waals surface area contributed by atoms with Gasteiger partial charge in [0, 0.05) is 5.02 Å². The van der Waals surface area contributed by atoms with E-state index in [0.717, 1.165) is 0 Å². The number of carboxylic acid groups (broad SMARTS) is 1. The van der Waals surface area contributed by atoms with E-state index in [2.05, 4.69) is 4.98 Å². The van der Waals surface area contributed by atoms with Gasteiger partial charge in [-0.2, -0.15) is 0 Å². The second kappa shape index (κ2) is 3.52. The van der Waals surface area contributed by atoms with Gasteiger partial charge in [-0.25, -0.2) is 9.78 Å². The number of carboxylic acids is 1. The van der Waals surface area contributed by atoms with Crippen LogP contribution >= 0.6 is 11.6 Å². The van der Waals surface area contributed by atoms with Crippen LogP contribution in [0.3, 0.4) is 0 Å². The Balaban J connectivity index is 2.51. The number of aromatic nitrogens is 1. The maximum Gasteiger partial charge on any atom is 0.342 e. The number of oxazole rings is 1. The van der Waals surface area contributed by atoms with Crippen LogP contribution < -0.4 is 0 Å². The van der Waals surface area contributed by atoms with Gasteiger partial charge in [-0.15, -0.1) is 0 Å². The molecule has 0 aliphatic carbocycles. The third kappa shape index (κ3) is 1.79. The lowest BCUT2D eigenvalue weighted by Gasteiger charge is -1.96. The van der Waals surface area contributed by atoms with Gasteiger partial charge in [-0.3, -0.25) is 0 Å². The molecule has 5 nitrogen and oxygen atoms in total. The first kappa shape index (κ1) is 9.95. The van der Waals surface area contributed by atoms with E-state index < -0.39 is 12.1 Å². The monoisotopic (exact) mass is 227 g/mol. The van der Waals surface area contributed by atoms with Crippen LogP contribution in [0.2, 0.25) is 5.02 Å². The van der Waals surface area contributed by atoms with E-state index in [4.69, 9.17) is 21.1 Å². The molecule has 2 rings (SSSR count). The van der Waals surface area contributed by atoms with Crippen molar-refractivity contribution in [2.45, 2.75) is 6.10 Å². The van der Waals surface area contributed by atoms with E-state index >= 15 is 0 Å². The summed E-state index contributed by atoms with van der Waals surface area (Å²) in [5.41, 5.74) is 0.799. The number of benzene rings is 1. The molecule has 0 saturated carbocycles. The molecule has 0 bridgehead atoms. The highest BCUT2D eigenvalue weighted by Gasteiger charge is 2.22. The van der Waals surface area contributed by atoms with Crippen molar-refractivity contribution in [1.29, 1.82) is 0 Å². The van der Waals surface area contributed by atoms with Crippen LogP contribution in [-0.2, 0) is 4.79 Å². The second-order valence-electron chi connectivity index (χ2n) is 2.90. The summed E-state index contributed by atoms with van der Waals surface area (Å²) in [6.45, 7) is 0. The Labute approximate surface area is 88.9 Å². The van der Waals surface area contributed by atoms with Crippen LogP contribution in [0.4, 0.5) is 0 Å². The van der Waals surface area contributed by atoms with Gasteiger partial charge in [0.1, 0.15) is 5.52 Å². The zero-order chi connectivity index (χ0) is 11.0. The molecule has 2 aromatic rings. The van der Waals surface area contributed by atoms with Gasteiger partial charge in [0.15, 0.2) is 5.58 Å². The fourth-order valence-electron chi connectivity index (χ4n) is 1.14. The first-order valence-electron chi connectivity index (χ1n) is 4.05. The molecule has 15 heavy (non-hydrogen) atoms. The zero-order valence-corrected chi connectivity index (χ0v) is 8.10. The topological polar surface area (TPSA) is 83.6 Å². The van der Waals surface area contributed by atoms with Gasteiger partial charge in [-0.05, 0) is 18.2 Å². The summed E-state index contributed by atoms with van der Waals surface area (Å²) in [6, 6.07) is 4.67. The minimum absolute atomic E-state index is 0.250. The molecular weight excluding hydrogens is 222 g/mol. The van der Waals surface area contributed by atoms with Crippen LogP contribution in [0.15, 0.2) is 22.6 Å². The lowest BCUT2D eigenvalue weighted by molar-refractivity contribution is -0.148. The van der Waals surface area contributed by atoms with Gasteiger partial charge >= 0.3 is 5.97 Å². The fraction of sp³-hybridized carbons (Fsp3) is 0.111. The molecule has 0 spiro atoms. The van der Waals surface area contributed by atoms with E-state index in [-0.39, 0.29) is 5.89 Å². The third-order valence-electron chi connectivity index (χ3n) is 1.83. The summed E-state index contributed by atoms with van der Waals surface area (Å²) in [5, 5.41) is 18.2. The molecule has 2 N–H and O–H groups in total. The van der Waals surface area contributed by atoms with Crippen LogP contribution in [0, 0.1) is 0 Å². The van der Waals surface area contributed by atoms with E-state index in [9.17, 15) is 9.90 Å². The van der Waals surface area contributed by atoms with Crippen molar-refractivity contribution < 1.29 is 19.4 Å². The quantitative estimate of drug-likeness (QED) is 0.814. The fourth-order valence-corrected chi connectivity index (χ4v) is 1.31. The predicted octanol–water partition coefficient (Wildman–Crippen LogP) is 1.60. The summed E-state index contributed by atoms with van der Waals surface area (Å²) < 4.78 is 5.05. The maximum absolute atomic E-state index is 10.5. The normalized spacial score (nSPS) is 12.9. The number of hydrogen-bond acceptors (Lipinski definition) is 4. The number of fused-ring (bicyclic) bond motifs is 1. The van der Waals surface area contributed by atoms with Crippen LogP contribution in [0.1, 0.15) is 12.0 Å². The van der Waals surface area contributed by atoms with Crippen LogP contribution in [0.5, 0.6) is 0 Å². The molecule has 0 amide bonds. The Kier molecular flexibility index (Phi) is 2.34. The van der Waals surface area contributed by atoms with Crippen molar-refractivity contribution in [3.8, 4) is 0 Å². The molecule has 6 heteroatoms. The number of aliphatic carboxylic acids is 1. The number of aliphatic hydroxyl groups excluding tert-OH is 1. The average Bonchev–Trinajstić information content (AvgIpc) is 2.58. The molecule has 0 fully saturated rings. The highest BCUT2D eigenvalue weighted by Crippen LogP contribution is 2.23. The summed E-state index contributed by atoms with van der Waals surface area (Å²) in [4.78, 5) is 14.3. The van der Waals surface area contributed by atoms with Crippen molar-refractivity contribution in [2.24, 2.45) is 0 Å². The van der Waals surface area contributed by atoms with Gasteiger partial charge in [0.2, 0.25) is 12.0 Å². The zero-order valence-electron chi connectivity index (χ0n) is 7.35. The Bertz CT molecular complexity index is 522. The third-order valence-corrected chi connectivity index (χ3v) is 2.07. The molecule has 1 heterocycles. The molecule has 0 aliphatic rings. The minimum Gasteiger partial charge on any atom is -0.479 e. The molecule has 1 unspecified atom stereocenters. The Morgan fingerprint density at radius 3 is 2.93 bits per heavy atom. The van der Waals surface area contributed by atoms with E-state index in [1.807, 2.05) is 0 Å². The largest absolute Gasteiger partial charge is 0.479 e. The van der Waals surface area contributed by atoms with Gasteiger partial charge in [-0.1, -0.05) is 11.6 Å². The SMILES string of the molecule is O=C(O)C(O)c1nc2cc(Cl)ccc2o1. The van der Waals surface area contributed by atoms with Crippen molar-refractivity contribution in [1.82, 2.24) is 4.98 Å². The predicted molar refractivity (Wildman–Crippen MR) is 51.6 cm³/mol. The van der Waals surface area contributed by atoms with Gasteiger partial charge in [0.25, 0.3) is 0 Å². The minimum atomic E-state index is -1.75. The summed E-state index contributed by atoms with van der Waals surface area (Å²) in [7, 11) is 0. The molecule has 78 valence electrons. The number of hydrogen-bond donors (Lipinski definition) is 2. The molecule has 1 aromatic heterocycles. The van der Waals surface area contributed by atoms with Crippen molar-refractivity contribution in [3.63, 3.8) is 0 Å². The number of rotatable bonds is 2. The highest BCUT2D eigenvalue weighted by molar-refractivity contribution is 6.31. The molecule has 0 aliphatic heterocycles. The first-order chi connectivity index (χ1) is 7.08. The summed E-state index contributed by atoms with van der Waals surface area (Å²) in [6.07, 6.45) is -1.75.